The van der Waals surface area contributed by atoms with Crippen molar-refractivity contribution in [3.63, 3.8) is 0 Å². The zero-order valence-corrected chi connectivity index (χ0v) is 17.2. The predicted octanol–water partition coefficient (Wildman–Crippen LogP) is 3.72. The average Bonchev–Trinajstić information content (AvgIpc) is 2.69. The summed E-state index contributed by atoms with van der Waals surface area (Å²) in [4.78, 5) is 24.9. The van der Waals surface area contributed by atoms with E-state index in [1.54, 1.807) is 43.3 Å². The molecule has 0 fully saturated rings. The summed E-state index contributed by atoms with van der Waals surface area (Å²) >= 11 is 0. The van der Waals surface area contributed by atoms with Crippen molar-refractivity contribution in [3.05, 3.63) is 59.7 Å². The van der Waals surface area contributed by atoms with Crippen molar-refractivity contribution in [2.75, 3.05) is 13.2 Å². The minimum atomic E-state index is -0.825. The molecule has 6 heteroatoms. The van der Waals surface area contributed by atoms with Gasteiger partial charge in [0.15, 0.2) is 0 Å². The molecule has 0 aromatic heterocycles. The van der Waals surface area contributed by atoms with Gasteiger partial charge in [-0.2, -0.15) is 0 Å². The lowest BCUT2D eigenvalue weighted by Gasteiger charge is -2.18. The first kappa shape index (κ1) is 22.3. The number of phenolic OH excluding ortho intramolecular Hbond substituents is 1. The predicted molar refractivity (Wildman–Crippen MR) is 111 cm³/mol. The van der Waals surface area contributed by atoms with Gasteiger partial charge in [0.1, 0.15) is 17.5 Å². The summed E-state index contributed by atoms with van der Waals surface area (Å²) in [6, 6.07) is 12.5. The quantitative estimate of drug-likeness (QED) is 0.595. The molecule has 0 aliphatic rings. The largest absolute Gasteiger partial charge is 0.508 e. The van der Waals surface area contributed by atoms with Crippen LogP contribution in [-0.4, -0.2) is 36.2 Å². The maximum Gasteiger partial charge on any atom is 0.328 e. The lowest BCUT2D eigenvalue weighted by Crippen LogP contribution is -2.43. The van der Waals surface area contributed by atoms with E-state index in [0.29, 0.717) is 23.8 Å². The second-order valence-corrected chi connectivity index (χ2v) is 7.20. The van der Waals surface area contributed by atoms with Crippen LogP contribution in [-0.2, 0) is 16.0 Å². The molecule has 1 atom stereocenters. The molecule has 0 spiro atoms. The highest BCUT2D eigenvalue weighted by molar-refractivity contribution is 5.96. The Hall–Kier alpha value is -3.02. The Kier molecular flexibility index (Phi) is 8.52. The summed E-state index contributed by atoms with van der Waals surface area (Å²) in [5, 5.41) is 12.2. The molecule has 0 aliphatic heterocycles. The molecule has 0 saturated heterocycles. The van der Waals surface area contributed by atoms with Crippen LogP contribution >= 0.6 is 0 Å². The maximum absolute atomic E-state index is 12.6. The van der Waals surface area contributed by atoms with E-state index in [-0.39, 0.29) is 24.7 Å². The molecule has 1 amide bonds. The molecule has 29 heavy (non-hydrogen) atoms. The maximum atomic E-state index is 12.6. The first-order valence-electron chi connectivity index (χ1n) is 9.87. The lowest BCUT2D eigenvalue weighted by molar-refractivity contribution is -0.145. The van der Waals surface area contributed by atoms with Crippen molar-refractivity contribution in [2.45, 2.75) is 39.7 Å². The summed E-state index contributed by atoms with van der Waals surface area (Å²) in [5.41, 5.74) is 1.23. The van der Waals surface area contributed by atoms with E-state index in [4.69, 9.17) is 9.47 Å². The van der Waals surface area contributed by atoms with Gasteiger partial charge in [-0.1, -0.05) is 26.0 Å². The van der Waals surface area contributed by atoms with Crippen LogP contribution < -0.4 is 10.1 Å². The van der Waals surface area contributed by atoms with Crippen LogP contribution in [0.25, 0.3) is 0 Å². The van der Waals surface area contributed by atoms with Crippen molar-refractivity contribution in [2.24, 2.45) is 5.92 Å². The first-order chi connectivity index (χ1) is 13.9. The van der Waals surface area contributed by atoms with Gasteiger partial charge in [-0.05, 0) is 61.2 Å². The smallest absolute Gasteiger partial charge is 0.328 e. The number of phenols is 1. The Balaban J connectivity index is 2.02. The molecule has 6 nitrogen and oxygen atoms in total. The van der Waals surface area contributed by atoms with Crippen molar-refractivity contribution >= 4 is 11.9 Å². The Labute approximate surface area is 171 Å². The highest BCUT2D eigenvalue weighted by atomic mass is 16.5. The number of carbonyl (C=O) groups is 2. The normalized spacial score (nSPS) is 11.7. The molecule has 156 valence electrons. The van der Waals surface area contributed by atoms with Crippen molar-refractivity contribution in [3.8, 4) is 11.5 Å². The van der Waals surface area contributed by atoms with E-state index in [2.05, 4.69) is 19.2 Å². The lowest BCUT2D eigenvalue weighted by atomic mass is 10.0. The molecule has 2 N–H and O–H groups in total. The fourth-order valence-corrected chi connectivity index (χ4v) is 2.66. The molecule has 0 radical (unpaired) electrons. The van der Waals surface area contributed by atoms with Crippen LogP contribution in [0.1, 0.15) is 43.1 Å². The van der Waals surface area contributed by atoms with Gasteiger partial charge < -0.3 is 19.9 Å². The van der Waals surface area contributed by atoms with Gasteiger partial charge in [-0.25, -0.2) is 4.79 Å². The molecular weight excluding hydrogens is 370 g/mol. The molecule has 0 aliphatic carbocycles. The zero-order valence-electron chi connectivity index (χ0n) is 17.2. The molecule has 2 aromatic carbocycles. The van der Waals surface area contributed by atoms with Gasteiger partial charge in [0.05, 0.1) is 13.2 Å². The third kappa shape index (κ3) is 7.49. The van der Waals surface area contributed by atoms with Crippen LogP contribution in [0.4, 0.5) is 0 Å². The van der Waals surface area contributed by atoms with Crippen LogP contribution in [0.15, 0.2) is 48.5 Å². The number of ether oxygens (including phenoxy) is 2. The number of carbonyl (C=O) groups excluding carboxylic acids is 2. The summed E-state index contributed by atoms with van der Waals surface area (Å²) < 4.78 is 10.8. The molecule has 0 saturated carbocycles. The Bertz CT molecular complexity index is 784. The number of esters is 1. The average molecular weight is 399 g/mol. The third-order valence-electron chi connectivity index (χ3n) is 4.33. The van der Waals surface area contributed by atoms with Gasteiger partial charge >= 0.3 is 5.97 Å². The number of amides is 1. The third-order valence-corrected chi connectivity index (χ3v) is 4.33. The van der Waals surface area contributed by atoms with Gasteiger partial charge in [0.25, 0.3) is 5.91 Å². The van der Waals surface area contributed by atoms with E-state index in [1.807, 2.05) is 0 Å². The number of aromatic hydroxyl groups is 1. The molecule has 2 rings (SSSR count). The number of benzene rings is 2. The van der Waals surface area contributed by atoms with Crippen LogP contribution in [0.3, 0.4) is 0 Å². The Morgan fingerprint density at radius 2 is 1.69 bits per heavy atom. The highest BCUT2D eigenvalue weighted by Crippen LogP contribution is 2.15. The fraction of sp³-hybridized carbons (Fsp3) is 0.391. The minimum Gasteiger partial charge on any atom is -0.508 e. The number of nitrogens with one attached hydrogen (secondary N) is 1. The fourth-order valence-electron chi connectivity index (χ4n) is 2.66. The molecule has 0 unspecified atom stereocenters. The monoisotopic (exact) mass is 399 g/mol. The van der Waals surface area contributed by atoms with Crippen LogP contribution in [0.5, 0.6) is 11.5 Å². The van der Waals surface area contributed by atoms with Crippen molar-refractivity contribution in [1.29, 1.82) is 0 Å². The Morgan fingerprint density at radius 3 is 2.28 bits per heavy atom. The van der Waals surface area contributed by atoms with E-state index in [0.717, 1.165) is 12.0 Å². The standard InChI is InChI=1S/C23H29NO5/c1-4-28-23(27)21(15-17-5-9-19(25)10-6-17)24-22(26)18-7-11-20(12-8-18)29-14-13-16(2)3/h5-12,16,21,25H,4,13-15H2,1-3H3,(H,24,26)/t21-/m1/s1. The highest BCUT2D eigenvalue weighted by Gasteiger charge is 2.23. The molecule has 0 bridgehead atoms. The molecule has 0 heterocycles. The topological polar surface area (TPSA) is 84.9 Å². The van der Waals surface area contributed by atoms with Gasteiger partial charge in [0, 0.05) is 12.0 Å². The summed E-state index contributed by atoms with van der Waals surface area (Å²) in [7, 11) is 0. The molecular formula is C23H29NO5. The number of hydrogen-bond donors (Lipinski definition) is 2. The van der Waals surface area contributed by atoms with Gasteiger partial charge in [0.2, 0.25) is 0 Å². The summed E-state index contributed by atoms with van der Waals surface area (Å²) in [6.45, 7) is 6.84. The zero-order chi connectivity index (χ0) is 21.2. The second-order valence-electron chi connectivity index (χ2n) is 7.20. The first-order valence-corrected chi connectivity index (χ1v) is 9.87. The number of hydrogen-bond acceptors (Lipinski definition) is 5. The SMILES string of the molecule is CCOC(=O)[C@@H](Cc1ccc(O)cc1)NC(=O)c1ccc(OCCC(C)C)cc1. The van der Waals surface area contributed by atoms with Crippen molar-refractivity contribution < 1.29 is 24.2 Å². The number of rotatable bonds is 10. The molecule has 2 aromatic rings. The summed E-state index contributed by atoms with van der Waals surface area (Å²) in [6.07, 6.45) is 1.22. The van der Waals surface area contributed by atoms with Gasteiger partial charge in [-0.15, -0.1) is 0 Å². The second kappa shape index (κ2) is 11.1. The van der Waals surface area contributed by atoms with E-state index >= 15 is 0 Å². The minimum absolute atomic E-state index is 0.140. The summed E-state index contributed by atoms with van der Waals surface area (Å²) in [5.74, 6) is 0.543. The van der Waals surface area contributed by atoms with E-state index in [1.165, 1.54) is 12.1 Å². The van der Waals surface area contributed by atoms with Crippen LogP contribution in [0.2, 0.25) is 0 Å². The van der Waals surface area contributed by atoms with Crippen LogP contribution in [0, 0.1) is 5.92 Å². The Morgan fingerprint density at radius 1 is 1.03 bits per heavy atom. The van der Waals surface area contributed by atoms with E-state index < -0.39 is 12.0 Å². The van der Waals surface area contributed by atoms with E-state index in [9.17, 15) is 14.7 Å². The van der Waals surface area contributed by atoms with Crippen molar-refractivity contribution in [1.82, 2.24) is 5.32 Å². The van der Waals surface area contributed by atoms with Gasteiger partial charge in [-0.3, -0.25) is 4.79 Å².